The van der Waals surface area contributed by atoms with Gasteiger partial charge in [-0.1, -0.05) is 11.6 Å². The molecule has 1 aromatic carbocycles. The maximum absolute atomic E-state index is 9.40. The number of rotatable bonds is 2. The number of aromatic hydroxyl groups is 1. The van der Waals surface area contributed by atoms with Gasteiger partial charge in [0.15, 0.2) is 5.82 Å². The first-order valence-electron chi connectivity index (χ1n) is 6.05. The number of nitrogens with two attached hydrogens (primary N) is 1. The number of phenols is 1. The second-order valence-electron chi connectivity index (χ2n) is 4.64. The topological polar surface area (TPSA) is 91.1 Å². The molecule has 19 heavy (non-hydrogen) atoms. The Morgan fingerprint density at radius 2 is 2.32 bits per heavy atom. The fourth-order valence-electron chi connectivity index (χ4n) is 2.15. The summed E-state index contributed by atoms with van der Waals surface area (Å²) in [7, 11) is 0. The monoisotopic (exact) mass is 279 g/mol. The minimum atomic E-state index is 0.0515. The smallest absolute Gasteiger partial charge is 0.245 e. The molecule has 4 N–H and O–H groups in total. The molecule has 6 nitrogen and oxygen atoms in total. The summed E-state index contributed by atoms with van der Waals surface area (Å²) in [6, 6.07) is 5.11. The number of benzene rings is 1. The first-order chi connectivity index (χ1) is 9.13. The second kappa shape index (κ2) is 4.71. The molecule has 2 heterocycles. The van der Waals surface area contributed by atoms with Crippen molar-refractivity contribution < 1.29 is 5.11 Å². The number of phenolic OH excluding ortho intramolecular Hbond substituents is 1. The molecule has 1 unspecified atom stereocenters. The molecule has 3 rings (SSSR count). The van der Waals surface area contributed by atoms with Gasteiger partial charge in [0.2, 0.25) is 5.95 Å². The van der Waals surface area contributed by atoms with Gasteiger partial charge in [-0.05, 0) is 24.6 Å². The highest BCUT2D eigenvalue weighted by Crippen LogP contribution is 2.28. The van der Waals surface area contributed by atoms with Gasteiger partial charge in [-0.15, -0.1) is 5.10 Å². The molecule has 1 saturated heterocycles. The van der Waals surface area contributed by atoms with E-state index in [4.69, 9.17) is 17.3 Å². The van der Waals surface area contributed by atoms with Crippen LogP contribution in [0, 0.1) is 0 Å². The predicted octanol–water partition coefficient (Wildman–Crippen LogP) is 1.37. The number of nitrogens with one attached hydrogen (secondary N) is 1. The van der Waals surface area contributed by atoms with Crippen LogP contribution in [0.4, 0.5) is 5.95 Å². The van der Waals surface area contributed by atoms with Crippen LogP contribution in [0.2, 0.25) is 5.02 Å². The Bertz CT molecular complexity index is 600. The fourth-order valence-corrected chi connectivity index (χ4v) is 2.33. The van der Waals surface area contributed by atoms with Crippen molar-refractivity contribution in [3.05, 3.63) is 23.2 Å². The number of halogens is 1. The lowest BCUT2D eigenvalue weighted by atomic mass is 10.2. The average molecular weight is 280 g/mol. The Balaban J connectivity index is 1.86. The lowest BCUT2D eigenvalue weighted by molar-refractivity contribution is 0.475. The van der Waals surface area contributed by atoms with Gasteiger partial charge >= 0.3 is 0 Å². The zero-order chi connectivity index (χ0) is 13.4. The summed E-state index contributed by atoms with van der Waals surface area (Å²) in [6.45, 7) is 1.64. The second-order valence-corrected chi connectivity index (χ2v) is 5.05. The SMILES string of the molecule is NC1CCN(c2n[nH]c(-c3ccc(O)c(Cl)c3)n2)C1. The molecule has 0 spiro atoms. The minimum absolute atomic E-state index is 0.0515. The Kier molecular flexibility index (Phi) is 3.04. The number of H-pyrrole nitrogens is 1. The molecule has 1 atom stereocenters. The van der Waals surface area contributed by atoms with E-state index < -0.39 is 0 Å². The Labute approximate surface area is 115 Å². The van der Waals surface area contributed by atoms with E-state index in [0.717, 1.165) is 25.1 Å². The van der Waals surface area contributed by atoms with Gasteiger partial charge in [-0.2, -0.15) is 4.98 Å². The van der Waals surface area contributed by atoms with Crippen molar-refractivity contribution >= 4 is 17.5 Å². The number of hydrogen-bond donors (Lipinski definition) is 3. The van der Waals surface area contributed by atoms with Crippen LogP contribution in [0.15, 0.2) is 18.2 Å². The highest BCUT2D eigenvalue weighted by molar-refractivity contribution is 6.32. The van der Waals surface area contributed by atoms with E-state index in [1.54, 1.807) is 12.1 Å². The van der Waals surface area contributed by atoms with Crippen molar-refractivity contribution in [1.82, 2.24) is 15.2 Å². The van der Waals surface area contributed by atoms with Crippen molar-refractivity contribution in [3.63, 3.8) is 0 Å². The zero-order valence-electron chi connectivity index (χ0n) is 10.2. The molecule has 1 aliphatic rings. The lowest BCUT2D eigenvalue weighted by Gasteiger charge is -2.11. The van der Waals surface area contributed by atoms with Crippen molar-refractivity contribution in [2.75, 3.05) is 18.0 Å². The third kappa shape index (κ3) is 2.36. The first-order valence-corrected chi connectivity index (χ1v) is 6.43. The van der Waals surface area contributed by atoms with Crippen LogP contribution >= 0.6 is 11.6 Å². The molecule has 0 saturated carbocycles. The van der Waals surface area contributed by atoms with Crippen LogP contribution < -0.4 is 10.6 Å². The van der Waals surface area contributed by atoms with Crippen LogP contribution in [-0.2, 0) is 0 Å². The Morgan fingerprint density at radius 1 is 1.47 bits per heavy atom. The summed E-state index contributed by atoms with van der Waals surface area (Å²) in [6.07, 6.45) is 0.953. The van der Waals surface area contributed by atoms with Crippen LogP contribution in [0.3, 0.4) is 0 Å². The molecular weight excluding hydrogens is 266 g/mol. The molecule has 1 aliphatic heterocycles. The van der Waals surface area contributed by atoms with Crippen molar-refractivity contribution in [3.8, 4) is 17.1 Å². The molecule has 1 aromatic heterocycles. The average Bonchev–Trinajstić information content (AvgIpc) is 3.01. The van der Waals surface area contributed by atoms with Gasteiger partial charge in [0.1, 0.15) is 5.75 Å². The van der Waals surface area contributed by atoms with Crippen LogP contribution in [0.25, 0.3) is 11.4 Å². The van der Waals surface area contributed by atoms with E-state index in [-0.39, 0.29) is 11.8 Å². The molecule has 100 valence electrons. The molecule has 0 bridgehead atoms. The largest absolute Gasteiger partial charge is 0.506 e. The van der Waals surface area contributed by atoms with Gasteiger partial charge in [0.05, 0.1) is 5.02 Å². The molecular formula is C12H14ClN5O. The van der Waals surface area contributed by atoms with Crippen molar-refractivity contribution in [2.45, 2.75) is 12.5 Å². The zero-order valence-corrected chi connectivity index (χ0v) is 10.9. The summed E-state index contributed by atoms with van der Waals surface area (Å²) < 4.78 is 0. The van der Waals surface area contributed by atoms with E-state index in [0.29, 0.717) is 16.8 Å². The third-order valence-corrected chi connectivity index (χ3v) is 3.51. The quantitative estimate of drug-likeness (QED) is 0.772. The van der Waals surface area contributed by atoms with E-state index in [1.807, 2.05) is 4.90 Å². The van der Waals surface area contributed by atoms with E-state index in [1.165, 1.54) is 6.07 Å². The molecule has 7 heteroatoms. The van der Waals surface area contributed by atoms with Gasteiger partial charge in [0.25, 0.3) is 0 Å². The van der Waals surface area contributed by atoms with Crippen molar-refractivity contribution in [1.29, 1.82) is 0 Å². The van der Waals surface area contributed by atoms with Crippen LogP contribution in [-0.4, -0.2) is 39.4 Å². The van der Waals surface area contributed by atoms with Crippen LogP contribution in [0.1, 0.15) is 6.42 Å². The maximum Gasteiger partial charge on any atom is 0.245 e. The fraction of sp³-hybridized carbons (Fsp3) is 0.333. The minimum Gasteiger partial charge on any atom is -0.506 e. The Hall–Kier alpha value is -1.79. The molecule has 1 fully saturated rings. The maximum atomic E-state index is 9.40. The third-order valence-electron chi connectivity index (χ3n) is 3.20. The summed E-state index contributed by atoms with van der Waals surface area (Å²) in [5, 5.41) is 16.8. The van der Waals surface area contributed by atoms with Crippen LogP contribution in [0.5, 0.6) is 5.75 Å². The highest BCUT2D eigenvalue weighted by atomic mass is 35.5. The number of anilines is 1. The summed E-state index contributed by atoms with van der Waals surface area (Å²) in [5.41, 5.74) is 6.65. The number of hydrogen-bond acceptors (Lipinski definition) is 5. The molecule has 0 radical (unpaired) electrons. The van der Waals surface area contributed by atoms with Crippen molar-refractivity contribution in [2.24, 2.45) is 5.73 Å². The van der Waals surface area contributed by atoms with Gasteiger partial charge in [-0.3, -0.25) is 5.10 Å². The first kappa shape index (κ1) is 12.3. The Morgan fingerprint density at radius 3 is 3.00 bits per heavy atom. The molecule has 2 aromatic rings. The summed E-state index contributed by atoms with van der Waals surface area (Å²) in [4.78, 5) is 6.48. The normalized spacial score (nSPS) is 19.1. The van der Waals surface area contributed by atoms with Gasteiger partial charge < -0.3 is 15.7 Å². The summed E-state index contributed by atoms with van der Waals surface area (Å²) >= 11 is 5.88. The summed E-state index contributed by atoms with van der Waals surface area (Å²) in [5.74, 6) is 1.32. The van der Waals surface area contributed by atoms with Gasteiger partial charge in [-0.25, -0.2) is 0 Å². The highest BCUT2D eigenvalue weighted by Gasteiger charge is 2.22. The predicted molar refractivity (Wildman–Crippen MR) is 73.3 cm³/mol. The number of aromatic nitrogens is 3. The van der Waals surface area contributed by atoms with E-state index in [2.05, 4.69) is 15.2 Å². The molecule has 0 amide bonds. The number of nitrogens with zero attached hydrogens (tertiary/aromatic N) is 3. The molecule has 0 aliphatic carbocycles. The van der Waals surface area contributed by atoms with Gasteiger partial charge in [0, 0.05) is 24.7 Å². The lowest BCUT2D eigenvalue weighted by Crippen LogP contribution is -2.26. The van der Waals surface area contributed by atoms with E-state index in [9.17, 15) is 5.11 Å². The number of aromatic amines is 1. The standard InChI is InChI=1S/C12H14ClN5O/c13-9-5-7(1-2-10(9)19)11-15-12(17-16-11)18-4-3-8(14)6-18/h1-2,5,8,19H,3-4,6,14H2,(H,15,16,17). The van der Waals surface area contributed by atoms with E-state index >= 15 is 0 Å².